The molecule has 180 valence electrons. The molecule has 12 heteroatoms. The van der Waals surface area contributed by atoms with Crippen molar-refractivity contribution in [2.75, 3.05) is 36.3 Å². The number of nitrogens with one attached hydrogen (secondary N) is 1. The third-order valence-electron chi connectivity index (χ3n) is 5.75. The topological polar surface area (TPSA) is 126 Å². The fraction of sp³-hybridized carbons (Fsp3) is 0.476. The van der Waals surface area contributed by atoms with Crippen molar-refractivity contribution in [3.8, 4) is 5.75 Å². The lowest BCUT2D eigenvalue weighted by molar-refractivity contribution is -0.116. The van der Waals surface area contributed by atoms with E-state index in [2.05, 4.69) is 9.62 Å². The maximum absolute atomic E-state index is 13.3. The van der Waals surface area contributed by atoms with E-state index in [1.165, 1.54) is 18.2 Å². The summed E-state index contributed by atoms with van der Waals surface area (Å²) >= 11 is 0. The fourth-order valence-corrected chi connectivity index (χ4v) is 6.84. The van der Waals surface area contributed by atoms with E-state index in [0.29, 0.717) is 10.1 Å². The molecule has 3 heterocycles. The van der Waals surface area contributed by atoms with Gasteiger partial charge in [0.25, 0.3) is 0 Å². The van der Waals surface area contributed by atoms with Gasteiger partial charge in [-0.25, -0.2) is 25.9 Å². The number of carbonyl (C=O) groups is 1. The number of likely N-dealkylation sites (tertiary alicyclic amines) is 1. The second-order valence-electron chi connectivity index (χ2n) is 7.91. The van der Waals surface area contributed by atoms with Gasteiger partial charge in [0.1, 0.15) is 16.4 Å². The van der Waals surface area contributed by atoms with Crippen LogP contribution in [0.3, 0.4) is 0 Å². The van der Waals surface area contributed by atoms with Crippen LogP contribution in [0.25, 0.3) is 0 Å². The van der Waals surface area contributed by atoms with Crippen LogP contribution in [-0.2, 0) is 24.8 Å². The predicted octanol–water partition coefficient (Wildman–Crippen LogP) is 1.86. The molecule has 0 radical (unpaired) electrons. The third-order valence-corrected chi connectivity index (χ3v) is 8.89. The first kappa shape index (κ1) is 23.7. The molecule has 1 atom stereocenters. The fourth-order valence-electron chi connectivity index (χ4n) is 4.19. The molecule has 0 bridgehead atoms. The number of benzene rings is 1. The smallest absolute Gasteiger partial charge is 0.244 e. The molecule has 0 saturated carbocycles. The Morgan fingerprint density at radius 3 is 2.58 bits per heavy atom. The first-order valence-corrected chi connectivity index (χ1v) is 13.9. The Morgan fingerprint density at radius 2 is 1.97 bits per heavy atom. The highest BCUT2D eigenvalue weighted by atomic mass is 32.2. The molecule has 0 aliphatic carbocycles. The summed E-state index contributed by atoms with van der Waals surface area (Å²) in [6, 6.07) is 7.22. The van der Waals surface area contributed by atoms with Crippen molar-refractivity contribution in [3.63, 3.8) is 0 Å². The van der Waals surface area contributed by atoms with Crippen LogP contribution in [0.5, 0.6) is 5.75 Å². The van der Waals surface area contributed by atoms with Crippen molar-refractivity contribution in [3.05, 3.63) is 42.4 Å². The van der Waals surface area contributed by atoms with Gasteiger partial charge >= 0.3 is 0 Å². The summed E-state index contributed by atoms with van der Waals surface area (Å²) in [6.07, 6.45) is 3.46. The van der Waals surface area contributed by atoms with Gasteiger partial charge in [-0.15, -0.1) is 0 Å². The van der Waals surface area contributed by atoms with E-state index < -0.39 is 26.0 Å². The Hall–Kier alpha value is -2.41. The molecule has 1 aromatic heterocycles. The van der Waals surface area contributed by atoms with Crippen LogP contribution in [0, 0.1) is 0 Å². The zero-order valence-electron chi connectivity index (χ0n) is 18.3. The molecular formula is C21H27N3O7S2. The second kappa shape index (κ2) is 9.45. The van der Waals surface area contributed by atoms with Crippen molar-refractivity contribution in [1.29, 1.82) is 0 Å². The highest BCUT2D eigenvalue weighted by Crippen LogP contribution is 2.33. The summed E-state index contributed by atoms with van der Waals surface area (Å²) in [5, 5.41) is 0. The summed E-state index contributed by atoms with van der Waals surface area (Å²) in [5.74, 6) is -0.164. The monoisotopic (exact) mass is 497 g/mol. The van der Waals surface area contributed by atoms with Gasteiger partial charge in [-0.3, -0.25) is 9.69 Å². The standard InChI is InChI=1S/C21H27N3O7S2/c1-2-30-19-8-7-16(24-21(25)9-13-32(24,26)27)14-20(19)33(28,29)22-15-17(18-6-5-12-31-18)23-10-3-4-11-23/h5-8,12,14,17,22H,2-4,9-11,13,15H2,1H3. The molecular weight excluding hydrogens is 470 g/mol. The number of rotatable bonds is 9. The zero-order valence-corrected chi connectivity index (χ0v) is 19.9. The Labute approximate surface area is 193 Å². The SMILES string of the molecule is CCOc1ccc(N2C(=O)CCS2(=O)=O)cc1S(=O)(=O)NCC(c1ccco1)N1CCCC1. The van der Waals surface area contributed by atoms with Gasteiger partial charge in [-0.2, -0.15) is 0 Å². The average molecular weight is 498 g/mol. The number of ether oxygens (including phenoxy) is 1. The van der Waals surface area contributed by atoms with Crippen LogP contribution in [0.15, 0.2) is 45.9 Å². The number of amides is 1. The van der Waals surface area contributed by atoms with Gasteiger partial charge in [0.05, 0.1) is 30.4 Å². The summed E-state index contributed by atoms with van der Waals surface area (Å²) < 4.78 is 65.7. The number of hydrogen-bond acceptors (Lipinski definition) is 8. The normalized spacial score (nSPS) is 19.8. The number of carbonyl (C=O) groups excluding carboxylic acids is 1. The molecule has 2 fully saturated rings. The summed E-state index contributed by atoms with van der Waals surface area (Å²) in [6.45, 7) is 3.66. The number of hydrogen-bond donors (Lipinski definition) is 1. The van der Waals surface area contributed by atoms with Crippen LogP contribution in [0.4, 0.5) is 5.69 Å². The van der Waals surface area contributed by atoms with E-state index in [-0.39, 0.29) is 47.7 Å². The van der Waals surface area contributed by atoms with Gasteiger partial charge < -0.3 is 9.15 Å². The van der Waals surface area contributed by atoms with E-state index in [4.69, 9.17) is 9.15 Å². The van der Waals surface area contributed by atoms with E-state index in [0.717, 1.165) is 25.9 Å². The Bertz CT molecular complexity index is 1200. The number of sulfonamides is 2. The van der Waals surface area contributed by atoms with Crippen LogP contribution >= 0.6 is 0 Å². The predicted molar refractivity (Wildman–Crippen MR) is 121 cm³/mol. The van der Waals surface area contributed by atoms with Crippen LogP contribution in [0.1, 0.15) is 38.0 Å². The van der Waals surface area contributed by atoms with Crippen molar-refractivity contribution in [2.45, 2.75) is 37.1 Å². The molecule has 2 aromatic rings. The summed E-state index contributed by atoms with van der Waals surface area (Å²) in [4.78, 5) is 14.1. The van der Waals surface area contributed by atoms with E-state index in [1.807, 2.05) is 6.07 Å². The molecule has 1 aromatic carbocycles. The van der Waals surface area contributed by atoms with Gasteiger partial charge in [0.15, 0.2) is 0 Å². The Morgan fingerprint density at radius 1 is 1.21 bits per heavy atom. The molecule has 2 aliphatic heterocycles. The molecule has 2 saturated heterocycles. The highest BCUT2D eigenvalue weighted by Gasteiger charge is 2.37. The molecule has 4 rings (SSSR count). The lowest BCUT2D eigenvalue weighted by Crippen LogP contribution is -2.37. The van der Waals surface area contributed by atoms with Crippen molar-refractivity contribution in [1.82, 2.24) is 9.62 Å². The molecule has 0 spiro atoms. The van der Waals surface area contributed by atoms with E-state index in [1.54, 1.807) is 19.3 Å². The zero-order chi connectivity index (χ0) is 23.6. The van der Waals surface area contributed by atoms with Crippen molar-refractivity contribution in [2.24, 2.45) is 0 Å². The maximum Gasteiger partial charge on any atom is 0.244 e. The Kier molecular flexibility index (Phi) is 6.80. The molecule has 1 unspecified atom stereocenters. The maximum atomic E-state index is 13.3. The van der Waals surface area contributed by atoms with Gasteiger partial charge in [0.2, 0.25) is 26.0 Å². The lowest BCUT2D eigenvalue weighted by Gasteiger charge is -2.26. The molecule has 2 aliphatic rings. The van der Waals surface area contributed by atoms with Crippen molar-refractivity contribution >= 4 is 31.6 Å². The quantitative estimate of drug-likeness (QED) is 0.556. The number of furan rings is 1. The minimum Gasteiger partial charge on any atom is -0.492 e. The van der Waals surface area contributed by atoms with Gasteiger partial charge in [-0.05, 0) is 63.2 Å². The van der Waals surface area contributed by atoms with Gasteiger partial charge in [0, 0.05) is 13.0 Å². The van der Waals surface area contributed by atoms with Crippen LogP contribution in [-0.4, -0.2) is 59.6 Å². The number of anilines is 1. The van der Waals surface area contributed by atoms with Crippen molar-refractivity contribution < 1.29 is 30.8 Å². The first-order valence-electron chi connectivity index (χ1n) is 10.8. The summed E-state index contributed by atoms with van der Waals surface area (Å²) in [5.41, 5.74) is -0.0246. The molecule has 10 nitrogen and oxygen atoms in total. The molecule has 33 heavy (non-hydrogen) atoms. The van der Waals surface area contributed by atoms with Crippen LogP contribution in [0.2, 0.25) is 0 Å². The largest absolute Gasteiger partial charge is 0.492 e. The van der Waals surface area contributed by atoms with Gasteiger partial charge in [-0.1, -0.05) is 0 Å². The minimum atomic E-state index is -4.11. The average Bonchev–Trinajstić information content (AvgIpc) is 3.52. The lowest BCUT2D eigenvalue weighted by atomic mass is 10.2. The summed E-state index contributed by atoms with van der Waals surface area (Å²) in [7, 11) is -7.95. The first-order chi connectivity index (χ1) is 15.7. The second-order valence-corrected chi connectivity index (χ2v) is 11.6. The third kappa shape index (κ3) is 4.93. The number of nitrogens with zero attached hydrogens (tertiary/aromatic N) is 2. The van der Waals surface area contributed by atoms with E-state index >= 15 is 0 Å². The van der Waals surface area contributed by atoms with Crippen LogP contribution < -0.4 is 13.8 Å². The highest BCUT2D eigenvalue weighted by molar-refractivity contribution is 7.94. The molecule has 1 N–H and O–H groups in total. The van der Waals surface area contributed by atoms with E-state index in [9.17, 15) is 21.6 Å². The Balaban J connectivity index is 1.65. The molecule has 1 amide bonds. The minimum absolute atomic E-state index is 0.0246.